The SMILES string of the molecule is C#CC(CC=C)=C(CC=C)c1ccc(OC)cc1. The van der Waals surface area contributed by atoms with Gasteiger partial charge in [0.05, 0.1) is 7.11 Å². The van der Waals surface area contributed by atoms with E-state index in [2.05, 4.69) is 19.1 Å². The molecule has 1 aromatic rings. The number of ether oxygens (including phenoxy) is 1. The molecule has 0 spiro atoms. The summed E-state index contributed by atoms with van der Waals surface area (Å²) < 4.78 is 5.15. The van der Waals surface area contributed by atoms with Crippen LogP contribution in [0.3, 0.4) is 0 Å². The van der Waals surface area contributed by atoms with Crippen molar-refractivity contribution in [3.63, 3.8) is 0 Å². The van der Waals surface area contributed by atoms with Gasteiger partial charge in [-0.1, -0.05) is 30.2 Å². The topological polar surface area (TPSA) is 9.23 Å². The molecule has 0 unspecified atom stereocenters. The number of terminal acetylenes is 1. The molecule has 0 saturated carbocycles. The van der Waals surface area contributed by atoms with Crippen molar-refractivity contribution in [2.45, 2.75) is 12.8 Å². The standard InChI is InChI=1S/C17H18O/c1-5-8-14(7-3)17(9-6-2)15-10-12-16(18-4)13-11-15/h3,5-6,10-13H,1-2,8-9H2,4H3. The molecule has 0 bridgehead atoms. The summed E-state index contributed by atoms with van der Waals surface area (Å²) in [4.78, 5) is 0. The lowest BCUT2D eigenvalue weighted by molar-refractivity contribution is 0.415. The fourth-order valence-corrected chi connectivity index (χ4v) is 1.77. The Kier molecular flexibility index (Phi) is 5.54. The van der Waals surface area contributed by atoms with E-state index in [4.69, 9.17) is 11.2 Å². The minimum Gasteiger partial charge on any atom is -0.497 e. The highest BCUT2D eigenvalue weighted by Crippen LogP contribution is 2.26. The van der Waals surface area contributed by atoms with Crippen molar-refractivity contribution in [3.05, 3.63) is 60.7 Å². The highest BCUT2D eigenvalue weighted by molar-refractivity contribution is 5.73. The van der Waals surface area contributed by atoms with Crippen LogP contribution in [0.5, 0.6) is 5.75 Å². The number of rotatable bonds is 6. The summed E-state index contributed by atoms with van der Waals surface area (Å²) in [6.45, 7) is 7.52. The Bertz CT molecular complexity index is 483. The van der Waals surface area contributed by atoms with Crippen LogP contribution in [0.25, 0.3) is 5.57 Å². The van der Waals surface area contributed by atoms with E-state index in [1.165, 1.54) is 0 Å². The number of hydrogen-bond donors (Lipinski definition) is 0. The third-order valence-electron chi connectivity index (χ3n) is 2.67. The molecule has 1 rings (SSSR count). The maximum atomic E-state index is 5.57. The van der Waals surface area contributed by atoms with Crippen LogP contribution in [-0.4, -0.2) is 7.11 Å². The predicted molar refractivity (Wildman–Crippen MR) is 78.4 cm³/mol. The van der Waals surface area contributed by atoms with Crippen LogP contribution in [0.4, 0.5) is 0 Å². The second-order valence-electron chi connectivity index (χ2n) is 3.82. The summed E-state index contributed by atoms with van der Waals surface area (Å²) in [6.07, 6.45) is 10.7. The highest BCUT2D eigenvalue weighted by Gasteiger charge is 2.06. The summed E-state index contributed by atoms with van der Waals surface area (Å²) >= 11 is 0. The van der Waals surface area contributed by atoms with E-state index in [0.29, 0.717) is 6.42 Å². The van der Waals surface area contributed by atoms with Gasteiger partial charge in [0.15, 0.2) is 0 Å². The molecule has 0 aromatic heterocycles. The number of hydrogen-bond acceptors (Lipinski definition) is 1. The molecule has 0 atom stereocenters. The van der Waals surface area contributed by atoms with E-state index in [0.717, 1.165) is 28.9 Å². The molecule has 0 aliphatic rings. The van der Waals surface area contributed by atoms with E-state index < -0.39 is 0 Å². The summed E-state index contributed by atoms with van der Waals surface area (Å²) in [6, 6.07) is 7.89. The molecular formula is C17H18O. The van der Waals surface area contributed by atoms with Gasteiger partial charge < -0.3 is 4.74 Å². The van der Waals surface area contributed by atoms with Crippen LogP contribution in [-0.2, 0) is 0 Å². The zero-order valence-electron chi connectivity index (χ0n) is 10.8. The van der Waals surface area contributed by atoms with Crippen molar-refractivity contribution in [2.75, 3.05) is 7.11 Å². The molecule has 0 heterocycles. The monoisotopic (exact) mass is 238 g/mol. The van der Waals surface area contributed by atoms with Gasteiger partial charge in [-0.3, -0.25) is 0 Å². The smallest absolute Gasteiger partial charge is 0.118 e. The lowest BCUT2D eigenvalue weighted by atomic mass is 9.95. The summed E-state index contributed by atoms with van der Waals surface area (Å²) in [5.74, 6) is 3.58. The molecule has 0 radical (unpaired) electrons. The van der Waals surface area contributed by atoms with Gasteiger partial charge in [0, 0.05) is 5.57 Å². The molecule has 92 valence electrons. The van der Waals surface area contributed by atoms with Crippen LogP contribution in [0.1, 0.15) is 18.4 Å². The van der Waals surface area contributed by atoms with Gasteiger partial charge in [0.25, 0.3) is 0 Å². The molecule has 18 heavy (non-hydrogen) atoms. The van der Waals surface area contributed by atoms with Crippen molar-refractivity contribution in [2.24, 2.45) is 0 Å². The fraction of sp³-hybridized carbons (Fsp3) is 0.176. The van der Waals surface area contributed by atoms with Gasteiger partial charge in [-0.25, -0.2) is 0 Å². The lowest BCUT2D eigenvalue weighted by Crippen LogP contribution is -1.91. The summed E-state index contributed by atoms with van der Waals surface area (Å²) in [7, 11) is 1.65. The lowest BCUT2D eigenvalue weighted by Gasteiger charge is -2.10. The molecule has 0 aliphatic heterocycles. The molecule has 0 N–H and O–H groups in total. The van der Waals surface area contributed by atoms with Gasteiger partial charge in [-0.05, 0) is 36.1 Å². The van der Waals surface area contributed by atoms with E-state index in [9.17, 15) is 0 Å². The quantitative estimate of drug-likeness (QED) is 0.532. The second-order valence-corrected chi connectivity index (χ2v) is 3.82. The largest absolute Gasteiger partial charge is 0.497 e. The van der Waals surface area contributed by atoms with Gasteiger partial charge >= 0.3 is 0 Å². The van der Waals surface area contributed by atoms with Crippen molar-refractivity contribution in [1.29, 1.82) is 0 Å². The average molecular weight is 238 g/mol. The highest BCUT2D eigenvalue weighted by atomic mass is 16.5. The van der Waals surface area contributed by atoms with E-state index in [1.807, 2.05) is 36.4 Å². The molecular weight excluding hydrogens is 220 g/mol. The minimum absolute atomic E-state index is 0.700. The van der Waals surface area contributed by atoms with Crippen molar-refractivity contribution < 1.29 is 4.74 Å². The minimum atomic E-state index is 0.700. The first-order valence-corrected chi connectivity index (χ1v) is 5.81. The molecule has 1 heteroatoms. The average Bonchev–Trinajstić information content (AvgIpc) is 2.43. The van der Waals surface area contributed by atoms with Gasteiger partial charge in [-0.2, -0.15) is 0 Å². The number of benzene rings is 1. The van der Waals surface area contributed by atoms with Gasteiger partial charge in [0.1, 0.15) is 5.75 Å². The van der Waals surface area contributed by atoms with E-state index in [1.54, 1.807) is 7.11 Å². The third kappa shape index (κ3) is 3.40. The Morgan fingerprint density at radius 1 is 1.22 bits per heavy atom. The second kappa shape index (κ2) is 7.19. The van der Waals surface area contributed by atoms with Gasteiger partial charge in [0.2, 0.25) is 0 Å². The Balaban J connectivity index is 3.21. The van der Waals surface area contributed by atoms with Gasteiger partial charge in [-0.15, -0.1) is 19.6 Å². The molecule has 0 aliphatic carbocycles. The van der Waals surface area contributed by atoms with E-state index in [-0.39, 0.29) is 0 Å². The Morgan fingerprint density at radius 3 is 2.28 bits per heavy atom. The van der Waals surface area contributed by atoms with Crippen LogP contribution in [0.15, 0.2) is 55.1 Å². The Hall–Kier alpha value is -2.20. The van der Waals surface area contributed by atoms with Crippen molar-refractivity contribution in [3.8, 4) is 18.1 Å². The Morgan fingerprint density at radius 2 is 1.83 bits per heavy atom. The maximum Gasteiger partial charge on any atom is 0.118 e. The first kappa shape index (κ1) is 13.9. The van der Waals surface area contributed by atoms with Crippen LogP contribution in [0, 0.1) is 12.3 Å². The normalized spacial score (nSPS) is 11.1. The van der Waals surface area contributed by atoms with Crippen LogP contribution >= 0.6 is 0 Å². The number of allylic oxidation sites excluding steroid dienone is 4. The zero-order chi connectivity index (χ0) is 13.4. The molecule has 0 amide bonds. The molecule has 0 saturated heterocycles. The van der Waals surface area contributed by atoms with Crippen LogP contribution in [0.2, 0.25) is 0 Å². The Labute approximate surface area is 109 Å². The summed E-state index contributed by atoms with van der Waals surface area (Å²) in [5.41, 5.74) is 3.18. The molecule has 1 nitrogen and oxygen atoms in total. The summed E-state index contributed by atoms with van der Waals surface area (Å²) in [5, 5.41) is 0. The van der Waals surface area contributed by atoms with Crippen molar-refractivity contribution in [1.82, 2.24) is 0 Å². The van der Waals surface area contributed by atoms with Crippen molar-refractivity contribution >= 4 is 5.57 Å². The predicted octanol–water partition coefficient (Wildman–Crippen LogP) is 4.23. The fourth-order valence-electron chi connectivity index (χ4n) is 1.77. The maximum absolute atomic E-state index is 5.57. The molecule has 1 aromatic carbocycles. The van der Waals surface area contributed by atoms with Crippen LogP contribution < -0.4 is 4.74 Å². The van der Waals surface area contributed by atoms with E-state index >= 15 is 0 Å². The first-order chi connectivity index (χ1) is 8.76. The zero-order valence-corrected chi connectivity index (χ0v) is 10.8. The number of methoxy groups -OCH3 is 1. The first-order valence-electron chi connectivity index (χ1n) is 5.81. The third-order valence-corrected chi connectivity index (χ3v) is 2.67. The molecule has 0 fully saturated rings.